The number of nitrogens with zero attached hydrogens (tertiary/aromatic N) is 2. The van der Waals surface area contributed by atoms with Crippen LogP contribution in [0.15, 0.2) is 59.6 Å². The molecule has 2 aromatic rings. The molecule has 2 aromatic carbocycles. The molecule has 0 bridgehead atoms. The average molecular weight is 333 g/mol. The van der Waals surface area contributed by atoms with Crippen LogP contribution in [0.2, 0.25) is 0 Å². The lowest BCUT2D eigenvalue weighted by Crippen LogP contribution is -2.46. The largest absolute Gasteiger partial charge is 0.416 e. The Balaban J connectivity index is 1.90. The first kappa shape index (κ1) is 16.4. The standard InChI is InChI=1S/C18H18F3N3/c1-17(14-7-9-15(10-8-14)18(19,20)21)12-23-16(22)24(17)11-13-5-3-2-4-6-13/h2-10H,11-12H2,1H3,(H2,22,23). The van der Waals surface area contributed by atoms with Gasteiger partial charge in [-0.25, -0.2) is 0 Å². The van der Waals surface area contributed by atoms with Crippen LogP contribution in [0.4, 0.5) is 13.2 Å². The molecule has 0 aromatic heterocycles. The van der Waals surface area contributed by atoms with Crippen LogP contribution in [0.3, 0.4) is 0 Å². The second-order valence-electron chi connectivity index (χ2n) is 6.10. The van der Waals surface area contributed by atoms with Crippen molar-refractivity contribution in [2.45, 2.75) is 25.2 Å². The third-order valence-electron chi connectivity index (χ3n) is 4.44. The quantitative estimate of drug-likeness (QED) is 0.929. The fraction of sp³-hybridized carbons (Fsp3) is 0.278. The van der Waals surface area contributed by atoms with Crippen LogP contribution in [-0.2, 0) is 18.3 Å². The van der Waals surface area contributed by atoms with Gasteiger partial charge in [0.25, 0.3) is 0 Å². The van der Waals surface area contributed by atoms with Crippen LogP contribution in [0.25, 0.3) is 0 Å². The molecule has 0 amide bonds. The first-order valence-corrected chi connectivity index (χ1v) is 7.60. The molecule has 0 aliphatic carbocycles. The smallest absolute Gasteiger partial charge is 0.370 e. The van der Waals surface area contributed by atoms with E-state index in [0.29, 0.717) is 19.0 Å². The van der Waals surface area contributed by atoms with Crippen molar-refractivity contribution in [3.8, 4) is 0 Å². The van der Waals surface area contributed by atoms with Crippen LogP contribution < -0.4 is 5.73 Å². The van der Waals surface area contributed by atoms with Crippen molar-refractivity contribution < 1.29 is 13.2 Å². The number of nitrogens with two attached hydrogens (primary N) is 1. The Morgan fingerprint density at radius 1 is 1.08 bits per heavy atom. The summed E-state index contributed by atoms with van der Waals surface area (Å²) >= 11 is 0. The topological polar surface area (TPSA) is 41.6 Å². The van der Waals surface area contributed by atoms with Gasteiger partial charge in [0.2, 0.25) is 0 Å². The molecule has 0 fully saturated rings. The lowest BCUT2D eigenvalue weighted by Gasteiger charge is -2.37. The lowest BCUT2D eigenvalue weighted by molar-refractivity contribution is -0.137. The maximum atomic E-state index is 12.8. The number of hydrogen-bond acceptors (Lipinski definition) is 3. The van der Waals surface area contributed by atoms with Crippen molar-refractivity contribution in [3.05, 3.63) is 71.3 Å². The van der Waals surface area contributed by atoms with Crippen molar-refractivity contribution in [2.75, 3.05) is 6.54 Å². The van der Waals surface area contributed by atoms with E-state index < -0.39 is 17.3 Å². The Morgan fingerprint density at radius 2 is 1.71 bits per heavy atom. The first-order valence-electron chi connectivity index (χ1n) is 7.60. The number of guanidine groups is 1. The molecule has 24 heavy (non-hydrogen) atoms. The van der Waals surface area contributed by atoms with E-state index in [4.69, 9.17) is 5.73 Å². The summed E-state index contributed by atoms with van der Waals surface area (Å²) in [5.74, 6) is 0.404. The van der Waals surface area contributed by atoms with E-state index >= 15 is 0 Å². The molecule has 6 heteroatoms. The Morgan fingerprint density at radius 3 is 2.29 bits per heavy atom. The maximum absolute atomic E-state index is 12.8. The normalized spacial score (nSPS) is 21.0. The molecule has 2 N–H and O–H groups in total. The van der Waals surface area contributed by atoms with Gasteiger partial charge in [0.15, 0.2) is 5.96 Å². The van der Waals surface area contributed by atoms with Crippen LogP contribution in [0.1, 0.15) is 23.6 Å². The summed E-state index contributed by atoms with van der Waals surface area (Å²) < 4.78 is 38.3. The molecule has 1 aliphatic heterocycles. The molecule has 1 heterocycles. The molecule has 0 spiro atoms. The highest BCUT2D eigenvalue weighted by molar-refractivity contribution is 5.81. The molecular formula is C18H18F3N3. The summed E-state index contributed by atoms with van der Waals surface area (Å²) in [4.78, 5) is 6.25. The van der Waals surface area contributed by atoms with E-state index in [1.54, 1.807) is 0 Å². The summed E-state index contributed by atoms with van der Waals surface area (Å²) in [7, 11) is 0. The molecular weight excluding hydrogens is 315 g/mol. The summed E-state index contributed by atoms with van der Waals surface area (Å²) in [6.07, 6.45) is -4.34. The first-order chi connectivity index (χ1) is 11.3. The van der Waals surface area contributed by atoms with Gasteiger partial charge in [-0.05, 0) is 30.2 Å². The van der Waals surface area contributed by atoms with Gasteiger partial charge < -0.3 is 10.6 Å². The Labute approximate surface area is 138 Å². The van der Waals surface area contributed by atoms with Gasteiger partial charge in [-0.2, -0.15) is 13.2 Å². The van der Waals surface area contributed by atoms with Crippen LogP contribution in [0.5, 0.6) is 0 Å². The predicted molar refractivity (Wildman–Crippen MR) is 87.3 cm³/mol. The summed E-state index contributed by atoms with van der Waals surface area (Å²) in [5.41, 5.74) is 6.64. The second kappa shape index (κ2) is 5.85. The van der Waals surface area contributed by atoms with E-state index in [9.17, 15) is 13.2 Å². The minimum absolute atomic E-state index is 0.404. The van der Waals surface area contributed by atoms with Gasteiger partial charge in [0.05, 0.1) is 17.6 Å². The fourth-order valence-electron chi connectivity index (χ4n) is 2.95. The molecule has 1 aliphatic rings. The van der Waals surface area contributed by atoms with Crippen molar-refractivity contribution in [2.24, 2.45) is 10.7 Å². The van der Waals surface area contributed by atoms with E-state index in [2.05, 4.69) is 4.99 Å². The highest BCUT2D eigenvalue weighted by Gasteiger charge is 2.40. The zero-order valence-electron chi connectivity index (χ0n) is 13.2. The molecule has 0 saturated heterocycles. The third kappa shape index (κ3) is 2.96. The van der Waals surface area contributed by atoms with Crippen molar-refractivity contribution in [1.82, 2.24) is 4.90 Å². The number of benzene rings is 2. The fourth-order valence-corrected chi connectivity index (χ4v) is 2.95. The highest BCUT2D eigenvalue weighted by atomic mass is 19.4. The zero-order chi connectivity index (χ0) is 17.4. The van der Waals surface area contributed by atoms with Gasteiger partial charge in [-0.15, -0.1) is 0 Å². The Bertz CT molecular complexity index is 738. The minimum atomic E-state index is -4.34. The van der Waals surface area contributed by atoms with Gasteiger partial charge >= 0.3 is 6.18 Å². The van der Waals surface area contributed by atoms with Gasteiger partial charge in [0.1, 0.15) is 0 Å². The molecule has 126 valence electrons. The average Bonchev–Trinajstić information content (AvgIpc) is 2.85. The molecule has 1 atom stereocenters. The minimum Gasteiger partial charge on any atom is -0.370 e. The van der Waals surface area contributed by atoms with Crippen molar-refractivity contribution in [3.63, 3.8) is 0 Å². The summed E-state index contributed by atoms with van der Waals surface area (Å²) in [6, 6.07) is 15.0. The Kier molecular flexibility index (Phi) is 3.99. The van der Waals surface area contributed by atoms with Gasteiger partial charge in [-0.1, -0.05) is 42.5 Å². The van der Waals surface area contributed by atoms with Gasteiger partial charge in [0, 0.05) is 6.54 Å². The number of hydrogen-bond donors (Lipinski definition) is 1. The highest BCUT2D eigenvalue weighted by Crippen LogP contribution is 2.36. The van der Waals surface area contributed by atoms with E-state index in [-0.39, 0.29) is 0 Å². The summed E-state index contributed by atoms with van der Waals surface area (Å²) in [6.45, 7) is 2.91. The number of aliphatic imine (C=N–C) groups is 1. The van der Waals surface area contributed by atoms with E-state index in [1.165, 1.54) is 12.1 Å². The maximum Gasteiger partial charge on any atom is 0.416 e. The number of alkyl halides is 3. The zero-order valence-corrected chi connectivity index (χ0v) is 13.2. The van der Waals surface area contributed by atoms with Crippen LogP contribution in [-0.4, -0.2) is 17.4 Å². The number of halogens is 3. The van der Waals surface area contributed by atoms with Gasteiger partial charge in [-0.3, -0.25) is 4.99 Å². The lowest BCUT2D eigenvalue weighted by atomic mass is 9.90. The molecule has 0 radical (unpaired) electrons. The van der Waals surface area contributed by atoms with E-state index in [1.807, 2.05) is 42.2 Å². The Hall–Kier alpha value is -2.50. The monoisotopic (exact) mass is 333 g/mol. The van der Waals surface area contributed by atoms with E-state index in [0.717, 1.165) is 23.3 Å². The molecule has 1 unspecified atom stereocenters. The molecule has 0 saturated carbocycles. The van der Waals surface area contributed by atoms with Crippen LogP contribution >= 0.6 is 0 Å². The predicted octanol–water partition coefficient (Wildman–Crippen LogP) is 3.75. The number of rotatable bonds is 3. The SMILES string of the molecule is CC1(c2ccc(C(F)(F)F)cc2)CN=C(N)N1Cc1ccccc1. The molecule has 3 rings (SSSR count). The third-order valence-corrected chi connectivity index (χ3v) is 4.44. The molecule has 3 nitrogen and oxygen atoms in total. The van der Waals surface area contributed by atoms with Crippen molar-refractivity contribution >= 4 is 5.96 Å². The second-order valence-corrected chi connectivity index (χ2v) is 6.10. The summed E-state index contributed by atoms with van der Waals surface area (Å²) in [5, 5.41) is 0. The van der Waals surface area contributed by atoms with Crippen LogP contribution in [0, 0.1) is 0 Å². The van der Waals surface area contributed by atoms with Crippen molar-refractivity contribution in [1.29, 1.82) is 0 Å².